The average molecular weight is 199 g/mol. The Labute approximate surface area is 88.4 Å². The van der Waals surface area contributed by atoms with Crippen LogP contribution in [0.5, 0.6) is 0 Å². The maximum absolute atomic E-state index is 7.90. The fourth-order valence-electron chi connectivity index (χ4n) is 1.46. The average Bonchev–Trinajstić information content (AvgIpc) is 2.03. The van der Waals surface area contributed by atoms with Crippen LogP contribution in [-0.4, -0.2) is 29.5 Å². The summed E-state index contributed by atoms with van der Waals surface area (Å²) in [4.78, 5) is 2.02. The molecule has 84 valence electrons. The van der Waals surface area contributed by atoms with Gasteiger partial charge in [-0.15, -0.1) is 0 Å². The van der Waals surface area contributed by atoms with E-state index < -0.39 is 0 Å². The first-order valence-corrected chi connectivity index (χ1v) is 5.41. The zero-order valence-electron chi connectivity index (χ0n) is 10.4. The van der Waals surface area contributed by atoms with E-state index in [1.54, 1.807) is 0 Å². The minimum atomic E-state index is -0.0304. The molecule has 0 atom stereocenters. The lowest BCUT2D eigenvalue weighted by molar-refractivity contribution is 0.320. The lowest BCUT2D eigenvalue weighted by Gasteiger charge is -2.33. The highest BCUT2D eigenvalue weighted by atomic mass is 15.3. The molecule has 0 aliphatic carbocycles. The third-order valence-electron chi connectivity index (χ3n) is 2.34. The van der Waals surface area contributed by atoms with E-state index in [0.29, 0.717) is 12.0 Å². The molecule has 0 aromatic carbocycles. The van der Waals surface area contributed by atoms with E-state index in [9.17, 15) is 0 Å². The number of nitrogens with one attached hydrogen (secondary N) is 2. The maximum atomic E-state index is 7.90. The van der Waals surface area contributed by atoms with E-state index in [4.69, 9.17) is 5.41 Å². The Morgan fingerprint density at radius 2 is 1.71 bits per heavy atom. The normalized spacial score (nSPS) is 11.6. The van der Waals surface area contributed by atoms with Gasteiger partial charge >= 0.3 is 0 Å². The van der Waals surface area contributed by atoms with Crippen LogP contribution in [0.25, 0.3) is 0 Å². The quantitative estimate of drug-likeness (QED) is 0.541. The van der Waals surface area contributed by atoms with Crippen molar-refractivity contribution < 1.29 is 0 Å². The molecule has 0 fully saturated rings. The predicted octanol–water partition coefficient (Wildman–Crippen LogP) is 2.43. The fourth-order valence-corrected chi connectivity index (χ4v) is 1.46. The molecule has 0 unspecified atom stereocenters. The van der Waals surface area contributed by atoms with Crippen LogP contribution in [0.4, 0.5) is 0 Å². The summed E-state index contributed by atoms with van der Waals surface area (Å²) in [6.45, 7) is 10.5. The van der Waals surface area contributed by atoms with Crippen LogP contribution in [0, 0.1) is 5.41 Å². The zero-order valence-corrected chi connectivity index (χ0v) is 10.4. The van der Waals surface area contributed by atoms with Gasteiger partial charge in [-0.2, -0.15) is 0 Å². The van der Waals surface area contributed by atoms with Crippen molar-refractivity contribution in [3.8, 4) is 0 Å². The molecule has 14 heavy (non-hydrogen) atoms. The second-order valence-corrected chi connectivity index (χ2v) is 4.80. The Bertz CT molecular complexity index is 177. The van der Waals surface area contributed by atoms with Crippen LogP contribution in [0.15, 0.2) is 0 Å². The van der Waals surface area contributed by atoms with Crippen molar-refractivity contribution in [2.24, 2.45) is 0 Å². The van der Waals surface area contributed by atoms with Crippen LogP contribution < -0.4 is 5.32 Å². The Morgan fingerprint density at radius 3 is 2.00 bits per heavy atom. The predicted molar refractivity (Wildman–Crippen MR) is 62.7 cm³/mol. The van der Waals surface area contributed by atoms with Crippen molar-refractivity contribution in [1.82, 2.24) is 10.2 Å². The van der Waals surface area contributed by atoms with Crippen molar-refractivity contribution in [3.05, 3.63) is 0 Å². The number of guanidine groups is 1. The molecule has 0 aliphatic rings. The summed E-state index contributed by atoms with van der Waals surface area (Å²) in [5, 5.41) is 11.1. The summed E-state index contributed by atoms with van der Waals surface area (Å²) in [5.74, 6) is 0.520. The Kier molecular flexibility index (Phi) is 4.95. The summed E-state index contributed by atoms with van der Waals surface area (Å²) < 4.78 is 0. The first-order chi connectivity index (χ1) is 6.31. The molecule has 0 amide bonds. The summed E-state index contributed by atoms with van der Waals surface area (Å²) in [6.07, 6.45) is 2.17. The van der Waals surface area contributed by atoms with Crippen LogP contribution in [0.1, 0.15) is 47.5 Å². The molecule has 0 bridgehead atoms. The molecule has 2 N–H and O–H groups in total. The van der Waals surface area contributed by atoms with Crippen molar-refractivity contribution in [1.29, 1.82) is 5.41 Å². The smallest absolute Gasteiger partial charge is 0.191 e. The number of rotatable bonds is 3. The highest BCUT2D eigenvalue weighted by Gasteiger charge is 2.18. The van der Waals surface area contributed by atoms with E-state index in [1.807, 2.05) is 11.9 Å². The van der Waals surface area contributed by atoms with Gasteiger partial charge < -0.3 is 10.2 Å². The van der Waals surface area contributed by atoms with Gasteiger partial charge in [0.15, 0.2) is 5.96 Å². The van der Waals surface area contributed by atoms with Gasteiger partial charge in [-0.1, -0.05) is 13.8 Å². The third kappa shape index (κ3) is 4.49. The molecule has 3 heteroatoms. The van der Waals surface area contributed by atoms with Crippen molar-refractivity contribution >= 4 is 5.96 Å². The number of hydrogen-bond acceptors (Lipinski definition) is 1. The molecule has 0 radical (unpaired) electrons. The van der Waals surface area contributed by atoms with Gasteiger partial charge in [-0.05, 0) is 33.6 Å². The van der Waals surface area contributed by atoms with Crippen LogP contribution in [0.3, 0.4) is 0 Å². The Hall–Kier alpha value is -0.730. The van der Waals surface area contributed by atoms with Crippen molar-refractivity contribution in [3.63, 3.8) is 0 Å². The maximum Gasteiger partial charge on any atom is 0.191 e. The van der Waals surface area contributed by atoms with Gasteiger partial charge in [0, 0.05) is 18.6 Å². The van der Waals surface area contributed by atoms with Crippen molar-refractivity contribution in [2.75, 3.05) is 7.05 Å². The van der Waals surface area contributed by atoms with Crippen LogP contribution in [-0.2, 0) is 0 Å². The van der Waals surface area contributed by atoms with E-state index in [2.05, 4.69) is 39.9 Å². The van der Waals surface area contributed by atoms with Gasteiger partial charge in [0.2, 0.25) is 0 Å². The first kappa shape index (κ1) is 13.3. The zero-order chi connectivity index (χ0) is 11.4. The van der Waals surface area contributed by atoms with Gasteiger partial charge in [0.25, 0.3) is 0 Å². The molecule has 0 saturated heterocycles. The summed E-state index contributed by atoms with van der Waals surface area (Å²) in [5.41, 5.74) is -0.0304. The van der Waals surface area contributed by atoms with Crippen LogP contribution >= 0.6 is 0 Å². The topological polar surface area (TPSA) is 39.1 Å². The highest BCUT2D eigenvalue weighted by Crippen LogP contribution is 2.07. The van der Waals surface area contributed by atoms with Gasteiger partial charge in [0.1, 0.15) is 0 Å². The Balaban J connectivity index is 4.24. The van der Waals surface area contributed by atoms with Crippen LogP contribution in [0.2, 0.25) is 0 Å². The van der Waals surface area contributed by atoms with Gasteiger partial charge in [-0.3, -0.25) is 5.41 Å². The molecule has 0 saturated carbocycles. The summed E-state index contributed by atoms with van der Waals surface area (Å²) in [6, 6.07) is 0.470. The molecule has 0 spiro atoms. The minimum absolute atomic E-state index is 0.0304. The molecular formula is C11H25N3. The lowest BCUT2D eigenvalue weighted by Crippen LogP contribution is -2.50. The molecule has 3 nitrogen and oxygen atoms in total. The monoisotopic (exact) mass is 199 g/mol. The second-order valence-electron chi connectivity index (χ2n) is 4.80. The summed E-state index contributed by atoms with van der Waals surface area (Å²) in [7, 11) is 1.98. The molecule has 0 rings (SSSR count). The van der Waals surface area contributed by atoms with Gasteiger partial charge in [-0.25, -0.2) is 0 Å². The summed E-state index contributed by atoms with van der Waals surface area (Å²) >= 11 is 0. The number of hydrogen-bond donors (Lipinski definition) is 2. The molecule has 0 aromatic rings. The third-order valence-corrected chi connectivity index (χ3v) is 2.34. The molecular weight excluding hydrogens is 174 g/mol. The molecule has 0 heterocycles. The van der Waals surface area contributed by atoms with Gasteiger partial charge in [0.05, 0.1) is 0 Å². The SMILES string of the molecule is CCC(CC)N(C)C(=N)NC(C)(C)C. The standard InChI is InChI=1S/C11H25N3/c1-7-9(8-2)14(6)10(12)13-11(3,4)5/h9H,7-8H2,1-6H3,(H2,12,13). The first-order valence-electron chi connectivity index (χ1n) is 5.41. The molecule has 0 aliphatic heterocycles. The van der Waals surface area contributed by atoms with E-state index >= 15 is 0 Å². The van der Waals surface area contributed by atoms with E-state index in [-0.39, 0.29) is 5.54 Å². The number of nitrogens with zero attached hydrogens (tertiary/aromatic N) is 1. The van der Waals surface area contributed by atoms with E-state index in [0.717, 1.165) is 12.8 Å². The highest BCUT2D eigenvalue weighted by molar-refractivity contribution is 5.77. The largest absolute Gasteiger partial charge is 0.352 e. The second kappa shape index (κ2) is 5.23. The molecule has 0 aromatic heterocycles. The fraction of sp³-hybridized carbons (Fsp3) is 0.909. The minimum Gasteiger partial charge on any atom is -0.352 e. The lowest BCUT2D eigenvalue weighted by atomic mass is 10.1. The van der Waals surface area contributed by atoms with E-state index in [1.165, 1.54) is 0 Å². The van der Waals surface area contributed by atoms with Crippen molar-refractivity contribution in [2.45, 2.75) is 59.0 Å². The Morgan fingerprint density at radius 1 is 1.29 bits per heavy atom.